The maximum atomic E-state index is 11.8. The van der Waals surface area contributed by atoms with Gasteiger partial charge in [0.1, 0.15) is 11.6 Å². The van der Waals surface area contributed by atoms with Crippen molar-refractivity contribution in [3.05, 3.63) is 41.6 Å². The van der Waals surface area contributed by atoms with Gasteiger partial charge in [-0.3, -0.25) is 4.90 Å². The van der Waals surface area contributed by atoms with Crippen LogP contribution in [0.25, 0.3) is 22.4 Å². The zero-order chi connectivity index (χ0) is 22.1. The second kappa shape index (κ2) is 6.85. The Balaban J connectivity index is 1.40. The predicted octanol–water partition coefficient (Wildman–Crippen LogP) is 4.50. The number of amides is 1. The lowest BCUT2D eigenvalue weighted by molar-refractivity contribution is 0.0881. The molecule has 0 spiro atoms. The van der Waals surface area contributed by atoms with Crippen LogP contribution in [0.2, 0.25) is 5.02 Å². The molecule has 31 heavy (non-hydrogen) atoms. The molecule has 1 N–H and O–H groups in total. The van der Waals surface area contributed by atoms with E-state index in [4.69, 9.17) is 16.6 Å². The SMILES string of the molecule is Cn1c(-c2cc(N3C[C@@H]4[C@H](C3)[C@@H]4N(C(=O)O)C(C)(C)C)ncc2Cl)nc2ccccc21. The lowest BCUT2D eigenvalue weighted by Crippen LogP contribution is -2.49. The van der Waals surface area contributed by atoms with Crippen LogP contribution in [0.3, 0.4) is 0 Å². The summed E-state index contributed by atoms with van der Waals surface area (Å²) < 4.78 is 2.05. The van der Waals surface area contributed by atoms with Crippen LogP contribution in [-0.4, -0.2) is 55.3 Å². The number of halogens is 1. The third kappa shape index (κ3) is 3.22. The fourth-order valence-electron chi connectivity index (χ4n) is 5.09. The molecule has 3 heterocycles. The molecular formula is C23H26ClN5O2. The number of rotatable bonds is 3. The van der Waals surface area contributed by atoms with Crippen molar-refractivity contribution in [2.75, 3.05) is 18.0 Å². The number of aryl methyl sites for hydroxylation is 1. The number of nitrogens with zero attached hydrogens (tertiary/aromatic N) is 5. The Morgan fingerprint density at radius 3 is 2.52 bits per heavy atom. The number of aromatic nitrogens is 3. The summed E-state index contributed by atoms with van der Waals surface area (Å²) in [6, 6.07) is 10.1. The first-order valence-corrected chi connectivity index (χ1v) is 10.9. The lowest BCUT2D eigenvalue weighted by atomic mass is 10.1. The van der Waals surface area contributed by atoms with Gasteiger partial charge in [0.2, 0.25) is 0 Å². The molecule has 1 saturated heterocycles. The summed E-state index contributed by atoms with van der Waals surface area (Å²) in [4.78, 5) is 25.0. The van der Waals surface area contributed by atoms with E-state index in [2.05, 4.69) is 9.88 Å². The first kappa shape index (κ1) is 20.1. The van der Waals surface area contributed by atoms with Crippen molar-refractivity contribution in [3.63, 3.8) is 0 Å². The Bertz CT molecular complexity index is 1170. The third-order valence-electron chi connectivity index (χ3n) is 6.57. The Labute approximate surface area is 186 Å². The highest BCUT2D eigenvalue weighted by Gasteiger charge is 2.61. The largest absolute Gasteiger partial charge is 0.465 e. The zero-order valence-corrected chi connectivity index (χ0v) is 18.8. The molecule has 1 saturated carbocycles. The molecular weight excluding hydrogens is 414 g/mol. The van der Waals surface area contributed by atoms with Crippen molar-refractivity contribution in [1.82, 2.24) is 19.4 Å². The number of fused-ring (bicyclic) bond motifs is 2. The van der Waals surface area contributed by atoms with Gasteiger partial charge in [-0.15, -0.1) is 0 Å². The maximum Gasteiger partial charge on any atom is 0.408 e. The molecule has 2 aromatic heterocycles. The van der Waals surface area contributed by atoms with Gasteiger partial charge < -0.3 is 14.6 Å². The van der Waals surface area contributed by atoms with Gasteiger partial charge in [0.05, 0.1) is 16.1 Å². The van der Waals surface area contributed by atoms with E-state index >= 15 is 0 Å². The molecule has 7 nitrogen and oxygen atoms in total. The van der Waals surface area contributed by atoms with Crippen molar-refractivity contribution in [3.8, 4) is 11.4 Å². The fourth-order valence-corrected chi connectivity index (χ4v) is 5.27. The minimum atomic E-state index is -0.841. The van der Waals surface area contributed by atoms with Gasteiger partial charge in [-0.25, -0.2) is 14.8 Å². The molecule has 0 radical (unpaired) electrons. The van der Waals surface area contributed by atoms with Crippen molar-refractivity contribution < 1.29 is 9.90 Å². The predicted molar refractivity (Wildman–Crippen MR) is 122 cm³/mol. The van der Waals surface area contributed by atoms with E-state index in [1.807, 2.05) is 62.7 Å². The topological polar surface area (TPSA) is 74.5 Å². The first-order chi connectivity index (χ1) is 14.7. The average Bonchev–Trinajstić information content (AvgIpc) is 3.04. The number of imidazole rings is 1. The second-order valence-electron chi connectivity index (χ2n) is 9.55. The Morgan fingerprint density at radius 1 is 1.23 bits per heavy atom. The summed E-state index contributed by atoms with van der Waals surface area (Å²) in [5.41, 5.74) is 2.42. The minimum Gasteiger partial charge on any atom is -0.465 e. The van der Waals surface area contributed by atoms with Crippen LogP contribution >= 0.6 is 11.6 Å². The molecule has 3 atom stereocenters. The number of carbonyl (C=O) groups is 1. The van der Waals surface area contributed by atoms with Crippen molar-refractivity contribution >= 4 is 34.5 Å². The third-order valence-corrected chi connectivity index (χ3v) is 6.87. The second-order valence-corrected chi connectivity index (χ2v) is 9.96. The van der Waals surface area contributed by atoms with Crippen LogP contribution in [-0.2, 0) is 7.05 Å². The number of benzene rings is 1. The van der Waals surface area contributed by atoms with Crippen molar-refractivity contribution in [2.24, 2.45) is 18.9 Å². The average molecular weight is 440 g/mol. The van der Waals surface area contributed by atoms with Crippen LogP contribution < -0.4 is 4.90 Å². The molecule has 1 aliphatic heterocycles. The highest BCUT2D eigenvalue weighted by molar-refractivity contribution is 6.33. The Hall–Kier alpha value is -2.80. The van der Waals surface area contributed by atoms with Crippen LogP contribution in [0.4, 0.5) is 10.6 Å². The highest BCUT2D eigenvalue weighted by atomic mass is 35.5. The van der Waals surface area contributed by atoms with Gasteiger partial charge in [0.25, 0.3) is 0 Å². The highest BCUT2D eigenvalue weighted by Crippen LogP contribution is 2.51. The van der Waals surface area contributed by atoms with E-state index in [0.29, 0.717) is 16.9 Å². The smallest absolute Gasteiger partial charge is 0.408 e. The van der Waals surface area contributed by atoms with E-state index in [9.17, 15) is 9.90 Å². The minimum absolute atomic E-state index is 0.0837. The molecule has 5 rings (SSSR count). The summed E-state index contributed by atoms with van der Waals surface area (Å²) in [7, 11) is 1.99. The van der Waals surface area contributed by atoms with E-state index in [1.165, 1.54) is 0 Å². The van der Waals surface area contributed by atoms with Crippen LogP contribution in [0, 0.1) is 11.8 Å². The number of piperidine rings is 1. The number of pyridine rings is 1. The fraction of sp³-hybridized carbons (Fsp3) is 0.435. The van der Waals surface area contributed by atoms with Crippen LogP contribution in [0.15, 0.2) is 36.5 Å². The van der Waals surface area contributed by atoms with Crippen molar-refractivity contribution in [2.45, 2.75) is 32.4 Å². The molecule has 162 valence electrons. The quantitative estimate of drug-likeness (QED) is 0.650. The Kier molecular flexibility index (Phi) is 4.45. The van der Waals surface area contributed by atoms with Gasteiger partial charge in [0.15, 0.2) is 0 Å². The molecule has 0 bridgehead atoms. The molecule has 2 fully saturated rings. The lowest BCUT2D eigenvalue weighted by Gasteiger charge is -2.36. The van der Waals surface area contributed by atoms with Crippen molar-refractivity contribution in [1.29, 1.82) is 0 Å². The maximum absolute atomic E-state index is 11.8. The number of hydrogen-bond acceptors (Lipinski definition) is 4. The molecule has 1 amide bonds. The first-order valence-electron chi connectivity index (χ1n) is 10.5. The normalized spacial score (nSPS) is 22.6. The van der Waals surface area contributed by atoms with Gasteiger partial charge in [-0.1, -0.05) is 23.7 Å². The van der Waals surface area contributed by atoms with Gasteiger partial charge >= 0.3 is 6.09 Å². The summed E-state index contributed by atoms with van der Waals surface area (Å²) >= 11 is 6.52. The van der Waals surface area contributed by atoms with E-state index < -0.39 is 11.6 Å². The van der Waals surface area contributed by atoms with Gasteiger partial charge in [-0.2, -0.15) is 0 Å². The number of anilines is 1. The molecule has 1 aliphatic carbocycles. The molecule has 1 aromatic carbocycles. The molecule has 8 heteroatoms. The van der Waals surface area contributed by atoms with E-state index in [0.717, 1.165) is 41.3 Å². The van der Waals surface area contributed by atoms with E-state index in [1.54, 1.807) is 11.1 Å². The molecule has 0 unspecified atom stereocenters. The zero-order valence-electron chi connectivity index (χ0n) is 18.1. The summed E-state index contributed by atoms with van der Waals surface area (Å²) in [6.07, 6.45) is 0.846. The summed E-state index contributed by atoms with van der Waals surface area (Å²) in [5, 5.41) is 10.3. The molecule has 3 aromatic rings. The van der Waals surface area contributed by atoms with E-state index in [-0.39, 0.29) is 6.04 Å². The van der Waals surface area contributed by atoms with Gasteiger partial charge in [-0.05, 0) is 39.0 Å². The van der Waals surface area contributed by atoms with Crippen LogP contribution in [0.1, 0.15) is 20.8 Å². The summed E-state index contributed by atoms with van der Waals surface area (Å²) in [6.45, 7) is 7.46. The standard InChI is InChI=1S/C23H26ClN5O2/c1-23(2,3)29(22(30)31)20-14-11-28(12-15(14)20)19-9-13(16(24)10-25-19)21-26-17-7-5-6-8-18(17)27(21)4/h5-10,14-15,20H,11-12H2,1-4H3,(H,30,31)/t14-,15+,20-. The van der Waals surface area contributed by atoms with Crippen LogP contribution in [0.5, 0.6) is 0 Å². The Morgan fingerprint density at radius 2 is 1.90 bits per heavy atom. The monoisotopic (exact) mass is 439 g/mol. The number of para-hydroxylation sites is 2. The molecule has 2 aliphatic rings. The number of hydrogen-bond donors (Lipinski definition) is 1. The summed E-state index contributed by atoms with van der Waals surface area (Å²) in [5.74, 6) is 2.34. The number of carboxylic acid groups (broad SMARTS) is 1. The van der Waals surface area contributed by atoms with Gasteiger partial charge in [0, 0.05) is 55.3 Å².